The van der Waals surface area contributed by atoms with Crippen LogP contribution in [0.25, 0.3) is 0 Å². The van der Waals surface area contributed by atoms with Gasteiger partial charge in [-0.1, -0.05) is 319 Å². The maximum absolute atomic E-state index is 12.9. The molecule has 6 nitrogen and oxygen atoms in total. The lowest BCUT2D eigenvalue weighted by atomic mass is 10.0. The predicted molar refractivity (Wildman–Crippen MR) is 358 cm³/mol. The van der Waals surface area contributed by atoms with Crippen molar-refractivity contribution in [3.63, 3.8) is 0 Å². The van der Waals surface area contributed by atoms with Crippen LogP contribution in [0.4, 0.5) is 0 Å². The van der Waals surface area contributed by atoms with E-state index in [0.717, 1.165) is 77.0 Å². The molecule has 0 aromatic heterocycles. The lowest BCUT2D eigenvalue weighted by molar-refractivity contribution is -0.167. The molecule has 82 heavy (non-hydrogen) atoms. The summed E-state index contributed by atoms with van der Waals surface area (Å²) < 4.78 is 17.0. The van der Waals surface area contributed by atoms with Crippen LogP contribution in [0.2, 0.25) is 0 Å². The Morgan fingerprint density at radius 1 is 0.244 bits per heavy atom. The van der Waals surface area contributed by atoms with E-state index in [9.17, 15) is 14.4 Å². The third-order valence-electron chi connectivity index (χ3n) is 16.2. The molecule has 0 bridgehead atoms. The van der Waals surface area contributed by atoms with Crippen molar-refractivity contribution < 1.29 is 28.6 Å². The molecule has 0 aliphatic carbocycles. The molecule has 0 radical (unpaired) electrons. The maximum Gasteiger partial charge on any atom is 0.306 e. The summed E-state index contributed by atoms with van der Waals surface area (Å²) >= 11 is 0. The first kappa shape index (κ1) is 79.1. The fourth-order valence-electron chi connectivity index (χ4n) is 10.7. The number of carbonyl (C=O) groups excluding carboxylic acids is 3. The molecule has 0 rings (SSSR count). The molecule has 6 heteroatoms. The van der Waals surface area contributed by atoms with E-state index in [-0.39, 0.29) is 31.1 Å². The van der Waals surface area contributed by atoms with Crippen LogP contribution in [-0.4, -0.2) is 37.2 Å². The molecular formula is C76H138O6. The van der Waals surface area contributed by atoms with Gasteiger partial charge in [0.15, 0.2) is 6.10 Å². The van der Waals surface area contributed by atoms with Crippen LogP contribution < -0.4 is 0 Å². The Balaban J connectivity index is 4.14. The van der Waals surface area contributed by atoms with Crippen molar-refractivity contribution in [2.45, 2.75) is 393 Å². The highest BCUT2D eigenvalue weighted by Gasteiger charge is 2.19. The van der Waals surface area contributed by atoms with E-state index < -0.39 is 6.10 Å². The van der Waals surface area contributed by atoms with Gasteiger partial charge in [0.25, 0.3) is 0 Å². The molecule has 0 saturated carbocycles. The number of rotatable bonds is 67. The fraction of sp³-hybridized carbons (Fsp3) is 0.829. The first-order valence-electron chi connectivity index (χ1n) is 36.3. The number of ether oxygens (including phenoxy) is 3. The Kier molecular flexibility index (Phi) is 68.1. The number of allylic oxidation sites excluding steroid dienone is 10. The molecule has 478 valence electrons. The van der Waals surface area contributed by atoms with Gasteiger partial charge in [-0.3, -0.25) is 14.4 Å². The molecule has 0 saturated heterocycles. The Hall–Kier alpha value is -2.89. The molecule has 0 amide bonds. The number of hydrogen-bond acceptors (Lipinski definition) is 6. The van der Waals surface area contributed by atoms with Gasteiger partial charge < -0.3 is 14.2 Å². The molecule has 0 N–H and O–H groups in total. The molecule has 1 unspecified atom stereocenters. The monoisotopic (exact) mass is 1150 g/mol. The average molecular weight is 1150 g/mol. The third kappa shape index (κ3) is 67.9. The smallest absolute Gasteiger partial charge is 0.306 e. The Bertz CT molecular complexity index is 1460. The second-order valence-corrected chi connectivity index (χ2v) is 24.5. The van der Waals surface area contributed by atoms with Gasteiger partial charge in [0.2, 0.25) is 0 Å². The third-order valence-corrected chi connectivity index (χ3v) is 16.2. The van der Waals surface area contributed by atoms with Crippen LogP contribution in [0.5, 0.6) is 0 Å². The lowest BCUT2D eigenvalue weighted by Gasteiger charge is -2.18. The number of esters is 3. The highest BCUT2D eigenvalue weighted by molar-refractivity contribution is 5.71. The van der Waals surface area contributed by atoms with Crippen molar-refractivity contribution in [2.24, 2.45) is 0 Å². The first-order valence-corrected chi connectivity index (χ1v) is 36.3. The Morgan fingerprint density at radius 2 is 0.439 bits per heavy atom. The number of unbranched alkanes of at least 4 members (excludes halogenated alkanes) is 46. The van der Waals surface area contributed by atoms with E-state index in [0.29, 0.717) is 19.3 Å². The molecular weight excluding hydrogens is 1010 g/mol. The van der Waals surface area contributed by atoms with E-state index >= 15 is 0 Å². The van der Waals surface area contributed by atoms with Crippen molar-refractivity contribution in [3.05, 3.63) is 60.8 Å². The molecule has 1 atom stereocenters. The largest absolute Gasteiger partial charge is 0.462 e. The summed E-state index contributed by atoms with van der Waals surface area (Å²) in [6.45, 7) is 6.65. The molecule has 0 spiro atoms. The van der Waals surface area contributed by atoms with Crippen molar-refractivity contribution in [3.8, 4) is 0 Å². The van der Waals surface area contributed by atoms with Crippen LogP contribution in [0.1, 0.15) is 387 Å². The van der Waals surface area contributed by atoms with Gasteiger partial charge in [-0.2, -0.15) is 0 Å². The van der Waals surface area contributed by atoms with E-state index in [1.54, 1.807) is 0 Å². The normalized spacial score (nSPS) is 12.4. The van der Waals surface area contributed by atoms with Gasteiger partial charge in [-0.05, 0) is 109 Å². The van der Waals surface area contributed by atoms with Crippen LogP contribution in [0.15, 0.2) is 60.8 Å². The average Bonchev–Trinajstić information content (AvgIpc) is 3.47. The number of carbonyl (C=O) groups is 3. The first-order chi connectivity index (χ1) is 40.5. The highest BCUT2D eigenvalue weighted by atomic mass is 16.6. The summed E-state index contributed by atoms with van der Waals surface area (Å²) in [5.74, 6) is -0.862. The van der Waals surface area contributed by atoms with Crippen molar-refractivity contribution in [1.29, 1.82) is 0 Å². The quantitative estimate of drug-likeness (QED) is 0.0261. The number of hydrogen-bond donors (Lipinski definition) is 0. The molecule has 0 aliphatic heterocycles. The predicted octanol–water partition coefficient (Wildman–Crippen LogP) is 25.1. The minimum Gasteiger partial charge on any atom is -0.462 e. The summed E-state index contributed by atoms with van der Waals surface area (Å²) in [5.41, 5.74) is 0. The van der Waals surface area contributed by atoms with Crippen LogP contribution >= 0.6 is 0 Å². The summed E-state index contributed by atoms with van der Waals surface area (Å²) in [4.78, 5) is 38.4. The molecule has 0 aliphatic rings. The maximum atomic E-state index is 12.9. The zero-order valence-corrected chi connectivity index (χ0v) is 55.0. The van der Waals surface area contributed by atoms with E-state index in [2.05, 4.69) is 81.5 Å². The molecule has 0 aromatic rings. The summed E-state index contributed by atoms with van der Waals surface area (Å²) in [5, 5.41) is 0. The lowest BCUT2D eigenvalue weighted by Crippen LogP contribution is -2.30. The van der Waals surface area contributed by atoms with Crippen molar-refractivity contribution in [1.82, 2.24) is 0 Å². The van der Waals surface area contributed by atoms with Crippen LogP contribution in [0, 0.1) is 0 Å². The van der Waals surface area contributed by atoms with Gasteiger partial charge in [-0.25, -0.2) is 0 Å². The zero-order chi connectivity index (χ0) is 59.2. The van der Waals surface area contributed by atoms with Crippen molar-refractivity contribution in [2.75, 3.05) is 13.2 Å². The minimum atomic E-state index is -0.778. The SMILES string of the molecule is CCCCC/C=C\CCCCCCCC(=O)OCC(COC(=O)CCCCCCCCCCCCCCCCCCCC/C=C\C/C=C\C/C=C\CCCCCCC)OC(=O)CCCCCCCCCCC/C=C\CCCCCCCC. The second kappa shape index (κ2) is 70.6. The van der Waals surface area contributed by atoms with Gasteiger partial charge >= 0.3 is 17.9 Å². The zero-order valence-electron chi connectivity index (χ0n) is 55.0. The highest BCUT2D eigenvalue weighted by Crippen LogP contribution is 2.18. The fourth-order valence-corrected chi connectivity index (χ4v) is 10.7. The minimum absolute atomic E-state index is 0.0735. The van der Waals surface area contributed by atoms with Gasteiger partial charge in [0, 0.05) is 19.3 Å². The summed E-state index contributed by atoms with van der Waals surface area (Å²) in [6, 6.07) is 0. The molecule has 0 fully saturated rings. The summed E-state index contributed by atoms with van der Waals surface area (Å²) in [6.07, 6.45) is 91.2. The van der Waals surface area contributed by atoms with Crippen LogP contribution in [-0.2, 0) is 28.6 Å². The molecule has 0 aromatic carbocycles. The van der Waals surface area contributed by atoms with Gasteiger partial charge in [0.1, 0.15) is 13.2 Å². The molecule has 0 heterocycles. The van der Waals surface area contributed by atoms with E-state index in [1.165, 1.54) is 270 Å². The summed E-state index contributed by atoms with van der Waals surface area (Å²) in [7, 11) is 0. The van der Waals surface area contributed by atoms with Crippen LogP contribution in [0.3, 0.4) is 0 Å². The Labute approximate surface area is 510 Å². The van der Waals surface area contributed by atoms with Crippen molar-refractivity contribution >= 4 is 17.9 Å². The standard InChI is InChI=1S/C76H138O6/c1-4-7-10-13-16-19-22-25-27-29-31-32-33-34-35-36-37-38-39-40-41-42-43-44-46-47-49-51-54-57-60-63-66-69-75(78)81-72-73(71-80-74(77)68-65-62-59-56-53-24-21-18-15-12-9-6-3)82-76(79)70-67-64-61-58-55-52-50-48-45-30-28-26-23-20-17-14-11-8-5-2/h18,21-22,25-26,28-29,31,33-34,73H,4-17,19-20,23-24,27,30,32,35-72H2,1-3H3/b21-18-,25-22-,28-26-,31-29-,34-33-. The van der Waals surface area contributed by atoms with Gasteiger partial charge in [0.05, 0.1) is 0 Å². The second-order valence-electron chi connectivity index (χ2n) is 24.5. The van der Waals surface area contributed by atoms with E-state index in [1.807, 2.05) is 0 Å². The Morgan fingerprint density at radius 3 is 0.720 bits per heavy atom. The topological polar surface area (TPSA) is 78.9 Å². The van der Waals surface area contributed by atoms with E-state index in [4.69, 9.17) is 14.2 Å². The van der Waals surface area contributed by atoms with Gasteiger partial charge in [-0.15, -0.1) is 0 Å².